The number of nitrogens with zero attached hydrogens (tertiary/aromatic N) is 3. The SMILES string of the molecule is CCOCCCNC(=O)C1CCCN(C(=O)c2nnc(C(=O)Nc3ccccc3)s2)C1. The van der Waals surface area contributed by atoms with E-state index in [1.54, 1.807) is 17.0 Å². The van der Waals surface area contributed by atoms with Crippen LogP contribution in [-0.4, -0.2) is 65.7 Å². The molecule has 0 spiro atoms. The number of carbonyl (C=O) groups excluding carboxylic acids is 3. The number of amides is 3. The number of nitrogens with one attached hydrogen (secondary N) is 2. The summed E-state index contributed by atoms with van der Waals surface area (Å²) in [5.41, 5.74) is 0.640. The van der Waals surface area contributed by atoms with Crippen LogP contribution in [0.5, 0.6) is 0 Å². The molecule has 1 aliphatic rings. The third kappa shape index (κ3) is 6.56. The van der Waals surface area contributed by atoms with Gasteiger partial charge in [-0.15, -0.1) is 10.2 Å². The molecule has 9 nitrogen and oxygen atoms in total. The van der Waals surface area contributed by atoms with Crippen molar-refractivity contribution in [2.45, 2.75) is 26.2 Å². The van der Waals surface area contributed by atoms with Crippen molar-refractivity contribution in [3.8, 4) is 0 Å². The molecule has 10 heteroatoms. The molecule has 2 aromatic rings. The van der Waals surface area contributed by atoms with E-state index in [0.29, 0.717) is 38.5 Å². The van der Waals surface area contributed by atoms with Crippen molar-refractivity contribution >= 4 is 34.7 Å². The maximum Gasteiger partial charge on any atom is 0.286 e. The van der Waals surface area contributed by atoms with Gasteiger partial charge in [0, 0.05) is 38.5 Å². The van der Waals surface area contributed by atoms with Gasteiger partial charge >= 0.3 is 0 Å². The molecule has 3 rings (SSSR count). The van der Waals surface area contributed by atoms with Gasteiger partial charge < -0.3 is 20.3 Å². The minimum Gasteiger partial charge on any atom is -0.382 e. The smallest absolute Gasteiger partial charge is 0.286 e. The van der Waals surface area contributed by atoms with Crippen molar-refractivity contribution in [1.82, 2.24) is 20.4 Å². The van der Waals surface area contributed by atoms with Crippen LogP contribution in [0.1, 0.15) is 45.8 Å². The summed E-state index contributed by atoms with van der Waals surface area (Å²) in [5, 5.41) is 13.7. The normalized spacial score (nSPS) is 16.0. The molecule has 0 radical (unpaired) electrons. The number of piperidine rings is 1. The Labute approximate surface area is 185 Å². The first-order valence-corrected chi connectivity index (χ1v) is 11.2. The second-order valence-electron chi connectivity index (χ2n) is 7.16. The lowest BCUT2D eigenvalue weighted by Crippen LogP contribution is -2.45. The number of aromatic nitrogens is 2. The Morgan fingerprint density at radius 3 is 2.74 bits per heavy atom. The Morgan fingerprint density at radius 1 is 1.19 bits per heavy atom. The number of hydrogen-bond acceptors (Lipinski definition) is 7. The molecule has 31 heavy (non-hydrogen) atoms. The van der Waals surface area contributed by atoms with Gasteiger partial charge in [-0.25, -0.2) is 0 Å². The fourth-order valence-corrected chi connectivity index (χ4v) is 4.00. The molecular weight excluding hydrogens is 418 g/mol. The van der Waals surface area contributed by atoms with Crippen LogP contribution in [0, 0.1) is 5.92 Å². The first-order chi connectivity index (χ1) is 15.1. The third-order valence-electron chi connectivity index (χ3n) is 4.88. The average molecular weight is 446 g/mol. The minimum absolute atomic E-state index is 0.0470. The molecule has 2 heterocycles. The zero-order valence-electron chi connectivity index (χ0n) is 17.5. The van der Waals surface area contributed by atoms with Crippen molar-refractivity contribution in [2.75, 3.05) is 38.2 Å². The molecule has 2 N–H and O–H groups in total. The van der Waals surface area contributed by atoms with E-state index < -0.39 is 5.91 Å². The van der Waals surface area contributed by atoms with E-state index in [0.717, 1.165) is 30.6 Å². The highest BCUT2D eigenvalue weighted by Gasteiger charge is 2.30. The predicted molar refractivity (Wildman–Crippen MR) is 117 cm³/mol. The zero-order valence-corrected chi connectivity index (χ0v) is 18.3. The fourth-order valence-electron chi connectivity index (χ4n) is 3.29. The highest BCUT2D eigenvalue weighted by molar-refractivity contribution is 7.15. The Morgan fingerprint density at radius 2 is 1.97 bits per heavy atom. The van der Waals surface area contributed by atoms with Gasteiger partial charge in [-0.05, 0) is 38.3 Å². The molecular formula is C21H27N5O4S. The molecule has 1 aliphatic heterocycles. The molecule has 1 aromatic carbocycles. The van der Waals surface area contributed by atoms with Crippen LogP contribution in [0.4, 0.5) is 5.69 Å². The van der Waals surface area contributed by atoms with Gasteiger partial charge in [-0.2, -0.15) is 0 Å². The molecule has 0 aliphatic carbocycles. The first-order valence-electron chi connectivity index (χ1n) is 10.4. The summed E-state index contributed by atoms with van der Waals surface area (Å²) in [6.45, 7) is 4.65. The summed E-state index contributed by atoms with van der Waals surface area (Å²) in [6.07, 6.45) is 2.23. The van der Waals surface area contributed by atoms with Gasteiger partial charge in [-0.3, -0.25) is 14.4 Å². The summed E-state index contributed by atoms with van der Waals surface area (Å²) >= 11 is 0.953. The molecule has 0 saturated carbocycles. The second-order valence-corrected chi connectivity index (χ2v) is 8.14. The second kappa shape index (κ2) is 11.5. The maximum absolute atomic E-state index is 12.8. The summed E-state index contributed by atoms with van der Waals surface area (Å²) in [6, 6.07) is 9.01. The Bertz CT molecular complexity index is 889. The number of para-hydroxylation sites is 1. The van der Waals surface area contributed by atoms with Crippen molar-refractivity contribution < 1.29 is 19.1 Å². The monoisotopic (exact) mass is 445 g/mol. The first kappa shape index (κ1) is 22.8. The molecule has 1 atom stereocenters. The molecule has 1 saturated heterocycles. The number of carbonyl (C=O) groups is 3. The standard InChI is InChI=1S/C21H27N5O4S/c1-2-30-13-7-11-22-17(27)15-8-6-12-26(14-15)21(29)20-25-24-19(31-20)18(28)23-16-9-4-3-5-10-16/h3-5,9-10,15H,2,6-8,11-14H2,1H3,(H,22,27)(H,23,28). The van der Waals surface area contributed by atoms with E-state index in [2.05, 4.69) is 20.8 Å². The van der Waals surface area contributed by atoms with Gasteiger partial charge in [0.15, 0.2) is 0 Å². The van der Waals surface area contributed by atoms with Crippen LogP contribution < -0.4 is 10.6 Å². The number of benzene rings is 1. The van der Waals surface area contributed by atoms with Gasteiger partial charge in [0.2, 0.25) is 15.9 Å². The summed E-state index contributed by atoms with van der Waals surface area (Å²) in [4.78, 5) is 39.2. The summed E-state index contributed by atoms with van der Waals surface area (Å²) in [7, 11) is 0. The number of rotatable bonds is 9. The van der Waals surface area contributed by atoms with Gasteiger partial charge in [-0.1, -0.05) is 29.5 Å². The Balaban J connectivity index is 1.52. The van der Waals surface area contributed by atoms with Crippen molar-refractivity contribution in [2.24, 2.45) is 5.92 Å². The summed E-state index contributed by atoms with van der Waals surface area (Å²) in [5.74, 6) is -1.01. The molecule has 1 unspecified atom stereocenters. The van der Waals surface area contributed by atoms with Crippen LogP contribution in [-0.2, 0) is 9.53 Å². The number of likely N-dealkylation sites (tertiary alicyclic amines) is 1. The van der Waals surface area contributed by atoms with E-state index >= 15 is 0 Å². The zero-order chi connectivity index (χ0) is 22.1. The van der Waals surface area contributed by atoms with Gasteiger partial charge in [0.1, 0.15) is 0 Å². The van der Waals surface area contributed by atoms with E-state index in [9.17, 15) is 14.4 Å². The number of anilines is 1. The van der Waals surface area contributed by atoms with Crippen LogP contribution in [0.2, 0.25) is 0 Å². The van der Waals surface area contributed by atoms with Crippen LogP contribution in [0.15, 0.2) is 30.3 Å². The maximum atomic E-state index is 12.8. The molecule has 166 valence electrons. The van der Waals surface area contributed by atoms with Crippen LogP contribution >= 0.6 is 11.3 Å². The third-order valence-corrected chi connectivity index (χ3v) is 5.79. The minimum atomic E-state index is -0.411. The number of ether oxygens (including phenoxy) is 1. The van der Waals surface area contributed by atoms with Gasteiger partial charge in [0.25, 0.3) is 11.8 Å². The highest BCUT2D eigenvalue weighted by Crippen LogP contribution is 2.21. The highest BCUT2D eigenvalue weighted by atomic mass is 32.1. The quantitative estimate of drug-likeness (QED) is 0.572. The average Bonchev–Trinajstić information content (AvgIpc) is 3.29. The lowest BCUT2D eigenvalue weighted by Gasteiger charge is -2.31. The topological polar surface area (TPSA) is 114 Å². The van der Waals surface area contributed by atoms with E-state index in [1.807, 2.05) is 25.1 Å². The largest absolute Gasteiger partial charge is 0.382 e. The van der Waals surface area contributed by atoms with Crippen molar-refractivity contribution in [3.05, 3.63) is 40.3 Å². The van der Waals surface area contributed by atoms with E-state index in [-0.39, 0.29) is 27.7 Å². The molecule has 1 aromatic heterocycles. The lowest BCUT2D eigenvalue weighted by molar-refractivity contribution is -0.126. The molecule has 0 bridgehead atoms. The van der Waals surface area contributed by atoms with Gasteiger partial charge in [0.05, 0.1) is 5.92 Å². The van der Waals surface area contributed by atoms with Crippen molar-refractivity contribution in [3.63, 3.8) is 0 Å². The summed E-state index contributed by atoms with van der Waals surface area (Å²) < 4.78 is 5.27. The fraction of sp³-hybridized carbons (Fsp3) is 0.476. The van der Waals surface area contributed by atoms with E-state index in [4.69, 9.17) is 4.74 Å². The molecule has 1 fully saturated rings. The van der Waals surface area contributed by atoms with Crippen LogP contribution in [0.3, 0.4) is 0 Å². The Kier molecular flexibility index (Phi) is 8.48. The van der Waals surface area contributed by atoms with Crippen molar-refractivity contribution in [1.29, 1.82) is 0 Å². The lowest BCUT2D eigenvalue weighted by atomic mass is 9.97. The Hall–Kier alpha value is -2.85. The predicted octanol–water partition coefficient (Wildman–Crippen LogP) is 2.19. The number of hydrogen-bond donors (Lipinski definition) is 2. The van der Waals surface area contributed by atoms with Crippen LogP contribution in [0.25, 0.3) is 0 Å². The molecule has 3 amide bonds. The van der Waals surface area contributed by atoms with E-state index in [1.165, 1.54) is 0 Å².